The fourth-order valence-electron chi connectivity index (χ4n) is 2.11. The van der Waals surface area contributed by atoms with Gasteiger partial charge in [0.15, 0.2) is 5.82 Å². The highest BCUT2D eigenvalue weighted by Gasteiger charge is 2.17. The molecule has 0 fully saturated rings. The van der Waals surface area contributed by atoms with Crippen molar-refractivity contribution in [3.8, 4) is 17.1 Å². The Bertz CT molecular complexity index is 793. The molecule has 2 aromatic carbocycles. The Morgan fingerprint density at radius 3 is 2.67 bits per heavy atom. The Morgan fingerprint density at radius 1 is 1.10 bits per heavy atom. The molecular formula is C14H11Cl2N5. The molecule has 0 aliphatic heterocycles. The van der Waals surface area contributed by atoms with Crippen LogP contribution in [0.15, 0.2) is 36.4 Å². The number of halogens is 2. The molecule has 106 valence electrons. The van der Waals surface area contributed by atoms with Crippen LogP contribution in [0.5, 0.6) is 0 Å². The number of aryl methyl sites for hydroxylation is 1. The standard InChI is InChI=1S/C14H11Cl2N5/c1-8-3-2-4-12(16)13(8)21-14(18-19-20-21)10-7-9(17)5-6-11(10)15/h2-7H,17H2,1H3. The van der Waals surface area contributed by atoms with E-state index in [-0.39, 0.29) is 0 Å². The highest BCUT2D eigenvalue weighted by molar-refractivity contribution is 6.33. The van der Waals surface area contributed by atoms with Gasteiger partial charge in [0.05, 0.1) is 15.7 Å². The minimum Gasteiger partial charge on any atom is -0.399 e. The van der Waals surface area contributed by atoms with Crippen molar-refractivity contribution in [3.05, 3.63) is 52.0 Å². The fourth-order valence-corrected chi connectivity index (χ4v) is 2.62. The van der Waals surface area contributed by atoms with Crippen LogP contribution in [0.3, 0.4) is 0 Å². The summed E-state index contributed by atoms with van der Waals surface area (Å²) in [6, 6.07) is 10.8. The van der Waals surface area contributed by atoms with Crippen molar-refractivity contribution in [2.24, 2.45) is 0 Å². The van der Waals surface area contributed by atoms with Gasteiger partial charge in [-0.3, -0.25) is 0 Å². The number of anilines is 1. The first kappa shape index (κ1) is 13.9. The lowest BCUT2D eigenvalue weighted by Gasteiger charge is -2.10. The monoisotopic (exact) mass is 319 g/mol. The van der Waals surface area contributed by atoms with E-state index in [1.807, 2.05) is 19.1 Å². The molecular weight excluding hydrogens is 309 g/mol. The molecule has 3 aromatic rings. The van der Waals surface area contributed by atoms with E-state index in [1.54, 1.807) is 28.9 Å². The second kappa shape index (κ2) is 5.35. The van der Waals surface area contributed by atoms with Gasteiger partial charge in [0.25, 0.3) is 0 Å². The first-order chi connectivity index (χ1) is 10.1. The summed E-state index contributed by atoms with van der Waals surface area (Å²) in [7, 11) is 0. The normalized spacial score (nSPS) is 10.8. The summed E-state index contributed by atoms with van der Waals surface area (Å²) in [5.41, 5.74) is 8.73. The maximum Gasteiger partial charge on any atom is 0.188 e. The van der Waals surface area contributed by atoms with Crippen LogP contribution >= 0.6 is 23.2 Å². The first-order valence-electron chi connectivity index (χ1n) is 6.17. The lowest BCUT2D eigenvalue weighted by molar-refractivity contribution is 0.787. The van der Waals surface area contributed by atoms with Gasteiger partial charge in [-0.15, -0.1) is 5.10 Å². The zero-order valence-corrected chi connectivity index (χ0v) is 12.6. The molecule has 0 saturated carbocycles. The van der Waals surface area contributed by atoms with Gasteiger partial charge in [-0.2, -0.15) is 4.68 Å². The average molecular weight is 320 g/mol. The van der Waals surface area contributed by atoms with Gasteiger partial charge in [0.1, 0.15) is 0 Å². The number of benzene rings is 2. The van der Waals surface area contributed by atoms with E-state index in [4.69, 9.17) is 28.9 Å². The molecule has 0 unspecified atom stereocenters. The van der Waals surface area contributed by atoms with E-state index in [2.05, 4.69) is 15.5 Å². The Labute approximate surface area is 131 Å². The minimum absolute atomic E-state index is 0.489. The van der Waals surface area contributed by atoms with Crippen LogP contribution in [0, 0.1) is 6.92 Å². The summed E-state index contributed by atoms with van der Waals surface area (Å²) >= 11 is 12.5. The molecule has 5 nitrogen and oxygen atoms in total. The molecule has 1 aromatic heterocycles. The number of nitrogens with two attached hydrogens (primary N) is 1. The summed E-state index contributed by atoms with van der Waals surface area (Å²) < 4.78 is 1.57. The number of aromatic nitrogens is 4. The molecule has 0 amide bonds. The molecule has 21 heavy (non-hydrogen) atoms. The van der Waals surface area contributed by atoms with E-state index in [0.29, 0.717) is 27.1 Å². The van der Waals surface area contributed by atoms with Gasteiger partial charge in [-0.25, -0.2) is 0 Å². The third-order valence-electron chi connectivity index (χ3n) is 3.10. The van der Waals surface area contributed by atoms with Gasteiger partial charge in [0, 0.05) is 11.3 Å². The average Bonchev–Trinajstić information content (AvgIpc) is 2.90. The predicted octanol–water partition coefficient (Wildman–Crippen LogP) is 3.53. The Hall–Kier alpha value is -2.11. The van der Waals surface area contributed by atoms with Crippen molar-refractivity contribution >= 4 is 28.9 Å². The lowest BCUT2D eigenvalue weighted by Crippen LogP contribution is -2.03. The van der Waals surface area contributed by atoms with Gasteiger partial charge < -0.3 is 5.73 Å². The van der Waals surface area contributed by atoms with E-state index in [9.17, 15) is 0 Å². The smallest absolute Gasteiger partial charge is 0.188 e. The molecule has 0 spiro atoms. The zero-order valence-electron chi connectivity index (χ0n) is 11.1. The van der Waals surface area contributed by atoms with Crippen LogP contribution in [-0.4, -0.2) is 20.2 Å². The predicted molar refractivity (Wildman–Crippen MR) is 83.8 cm³/mol. The maximum atomic E-state index is 6.28. The van der Waals surface area contributed by atoms with Gasteiger partial charge in [-0.1, -0.05) is 35.3 Å². The minimum atomic E-state index is 0.489. The lowest BCUT2D eigenvalue weighted by atomic mass is 10.1. The van der Waals surface area contributed by atoms with Crippen LogP contribution in [0.4, 0.5) is 5.69 Å². The molecule has 3 rings (SSSR count). The Kier molecular flexibility index (Phi) is 3.53. The molecule has 0 aliphatic carbocycles. The van der Waals surface area contributed by atoms with Crippen LogP contribution in [0.25, 0.3) is 17.1 Å². The summed E-state index contributed by atoms with van der Waals surface area (Å²) in [6.07, 6.45) is 0. The molecule has 7 heteroatoms. The van der Waals surface area contributed by atoms with Crippen LogP contribution in [-0.2, 0) is 0 Å². The quantitative estimate of drug-likeness (QED) is 0.733. The van der Waals surface area contributed by atoms with Gasteiger partial charge in [-0.05, 0) is 47.2 Å². The second-order valence-corrected chi connectivity index (χ2v) is 5.37. The fraction of sp³-hybridized carbons (Fsp3) is 0.0714. The summed E-state index contributed by atoms with van der Waals surface area (Å²) in [5, 5.41) is 12.9. The molecule has 2 N–H and O–H groups in total. The molecule has 1 heterocycles. The number of nitrogen functional groups attached to an aromatic ring is 1. The molecule has 0 saturated heterocycles. The van der Waals surface area contributed by atoms with E-state index < -0.39 is 0 Å². The van der Waals surface area contributed by atoms with Crippen molar-refractivity contribution in [2.75, 3.05) is 5.73 Å². The highest BCUT2D eigenvalue weighted by atomic mass is 35.5. The number of rotatable bonds is 2. The number of tetrazole rings is 1. The van der Waals surface area contributed by atoms with Gasteiger partial charge in [0.2, 0.25) is 0 Å². The summed E-state index contributed by atoms with van der Waals surface area (Å²) in [4.78, 5) is 0. The molecule has 0 atom stereocenters. The largest absolute Gasteiger partial charge is 0.399 e. The van der Waals surface area contributed by atoms with Crippen molar-refractivity contribution in [2.45, 2.75) is 6.92 Å². The van der Waals surface area contributed by atoms with Crippen molar-refractivity contribution < 1.29 is 0 Å². The summed E-state index contributed by atoms with van der Waals surface area (Å²) in [5.74, 6) is 0.489. The molecule has 0 radical (unpaired) electrons. The highest BCUT2D eigenvalue weighted by Crippen LogP contribution is 2.31. The molecule has 0 bridgehead atoms. The maximum absolute atomic E-state index is 6.28. The van der Waals surface area contributed by atoms with Crippen LogP contribution in [0.2, 0.25) is 10.0 Å². The third-order valence-corrected chi connectivity index (χ3v) is 3.74. The van der Waals surface area contributed by atoms with Crippen LogP contribution < -0.4 is 5.73 Å². The molecule has 0 aliphatic rings. The van der Waals surface area contributed by atoms with Crippen LogP contribution in [0.1, 0.15) is 5.56 Å². The van der Waals surface area contributed by atoms with Crippen molar-refractivity contribution in [1.82, 2.24) is 20.2 Å². The van der Waals surface area contributed by atoms with Crippen molar-refractivity contribution in [3.63, 3.8) is 0 Å². The number of hydrogen-bond donors (Lipinski definition) is 1. The summed E-state index contributed by atoms with van der Waals surface area (Å²) in [6.45, 7) is 1.94. The van der Waals surface area contributed by atoms with E-state index in [1.165, 1.54) is 0 Å². The van der Waals surface area contributed by atoms with Gasteiger partial charge >= 0.3 is 0 Å². The first-order valence-corrected chi connectivity index (χ1v) is 6.93. The topological polar surface area (TPSA) is 69.6 Å². The number of nitrogens with zero attached hydrogens (tertiary/aromatic N) is 4. The zero-order chi connectivity index (χ0) is 15.0. The number of para-hydroxylation sites is 1. The second-order valence-electron chi connectivity index (χ2n) is 4.56. The number of hydrogen-bond acceptors (Lipinski definition) is 4. The van der Waals surface area contributed by atoms with E-state index >= 15 is 0 Å². The Balaban J connectivity index is 2.25. The Morgan fingerprint density at radius 2 is 1.90 bits per heavy atom. The van der Waals surface area contributed by atoms with E-state index in [0.717, 1.165) is 11.3 Å². The third kappa shape index (κ3) is 2.46. The van der Waals surface area contributed by atoms with Crippen molar-refractivity contribution in [1.29, 1.82) is 0 Å². The SMILES string of the molecule is Cc1cccc(Cl)c1-n1nnnc1-c1cc(N)ccc1Cl.